The quantitative estimate of drug-likeness (QED) is 0.583. The molecule has 0 unspecified atom stereocenters. The van der Waals surface area contributed by atoms with Gasteiger partial charge in [0, 0.05) is 0 Å². The largest absolute Gasteiger partial charge is 0.457 e. The number of alkyl halides is 1. The van der Waals surface area contributed by atoms with Crippen LogP contribution in [0.5, 0.6) is 0 Å². The monoisotopic (exact) mass is 238 g/mol. The number of rotatable bonds is 2. The van der Waals surface area contributed by atoms with Crippen LogP contribution in [0.3, 0.4) is 0 Å². The number of esters is 1. The predicted octanol–water partition coefficient (Wildman–Crippen LogP) is 3.39. The van der Waals surface area contributed by atoms with Crippen molar-refractivity contribution in [2.24, 2.45) is 0 Å². The topological polar surface area (TPSA) is 26.3 Å². The van der Waals surface area contributed by atoms with Crippen LogP contribution in [0.4, 0.5) is 0 Å². The second-order valence-corrected chi connectivity index (χ2v) is 4.67. The summed E-state index contributed by atoms with van der Waals surface area (Å²) in [5.41, 5.74) is 0.594. The zero-order valence-electron chi connectivity index (χ0n) is 9.06. The van der Waals surface area contributed by atoms with E-state index in [0.717, 1.165) is 25.7 Å². The lowest BCUT2D eigenvalue weighted by Gasteiger charge is -2.26. The van der Waals surface area contributed by atoms with Crippen molar-refractivity contribution in [3.05, 3.63) is 35.9 Å². The molecule has 3 heteroatoms. The van der Waals surface area contributed by atoms with Crippen molar-refractivity contribution in [1.29, 1.82) is 0 Å². The van der Waals surface area contributed by atoms with Crippen molar-refractivity contribution < 1.29 is 9.53 Å². The number of carbonyl (C=O) groups is 1. The molecule has 0 radical (unpaired) electrons. The van der Waals surface area contributed by atoms with Gasteiger partial charge in [-0.1, -0.05) is 24.6 Å². The van der Waals surface area contributed by atoms with E-state index in [1.54, 1.807) is 12.1 Å². The Kier molecular flexibility index (Phi) is 3.83. The number of ether oxygens (including phenoxy) is 1. The van der Waals surface area contributed by atoms with Crippen molar-refractivity contribution in [2.45, 2.75) is 37.2 Å². The SMILES string of the molecule is O=C(O[C@H]1CCCC[C@H]1Cl)c1ccccc1. The van der Waals surface area contributed by atoms with Crippen LogP contribution in [0.1, 0.15) is 36.0 Å². The van der Waals surface area contributed by atoms with Gasteiger partial charge in [-0.3, -0.25) is 0 Å². The van der Waals surface area contributed by atoms with E-state index >= 15 is 0 Å². The third-order valence-electron chi connectivity index (χ3n) is 2.89. The molecule has 1 aliphatic rings. The Hall–Kier alpha value is -1.02. The second-order valence-electron chi connectivity index (χ2n) is 4.11. The number of hydrogen-bond acceptors (Lipinski definition) is 2. The van der Waals surface area contributed by atoms with Crippen LogP contribution in [-0.4, -0.2) is 17.5 Å². The minimum Gasteiger partial charge on any atom is -0.457 e. The average Bonchev–Trinajstić information content (AvgIpc) is 2.33. The first-order chi connectivity index (χ1) is 7.77. The summed E-state index contributed by atoms with van der Waals surface area (Å²) in [6.45, 7) is 0. The Morgan fingerprint density at radius 1 is 1.19 bits per heavy atom. The maximum atomic E-state index is 11.8. The Labute approximate surface area is 101 Å². The smallest absolute Gasteiger partial charge is 0.338 e. The van der Waals surface area contributed by atoms with Gasteiger partial charge in [-0.25, -0.2) is 4.79 Å². The number of benzene rings is 1. The van der Waals surface area contributed by atoms with Gasteiger partial charge in [-0.15, -0.1) is 11.6 Å². The molecule has 1 aromatic rings. The van der Waals surface area contributed by atoms with E-state index in [9.17, 15) is 4.79 Å². The molecule has 1 aliphatic carbocycles. The molecule has 2 atom stereocenters. The minimum absolute atomic E-state index is 0.0265. The molecule has 0 N–H and O–H groups in total. The molecule has 1 fully saturated rings. The fraction of sp³-hybridized carbons (Fsp3) is 0.462. The Bertz CT molecular complexity index is 350. The highest BCUT2D eigenvalue weighted by atomic mass is 35.5. The van der Waals surface area contributed by atoms with Crippen LogP contribution in [0.15, 0.2) is 30.3 Å². The van der Waals surface area contributed by atoms with Crippen molar-refractivity contribution in [3.8, 4) is 0 Å². The van der Waals surface area contributed by atoms with E-state index < -0.39 is 0 Å². The summed E-state index contributed by atoms with van der Waals surface area (Å²) in [6.07, 6.45) is 3.92. The highest BCUT2D eigenvalue weighted by Gasteiger charge is 2.26. The molecule has 16 heavy (non-hydrogen) atoms. The lowest BCUT2D eigenvalue weighted by molar-refractivity contribution is 0.0223. The third kappa shape index (κ3) is 2.76. The first-order valence-corrected chi connectivity index (χ1v) is 6.11. The van der Waals surface area contributed by atoms with E-state index in [-0.39, 0.29) is 17.5 Å². The molecule has 0 saturated heterocycles. The van der Waals surface area contributed by atoms with Gasteiger partial charge >= 0.3 is 5.97 Å². The van der Waals surface area contributed by atoms with E-state index in [1.807, 2.05) is 18.2 Å². The summed E-state index contributed by atoms with van der Waals surface area (Å²) in [4.78, 5) is 11.8. The van der Waals surface area contributed by atoms with Gasteiger partial charge in [-0.2, -0.15) is 0 Å². The van der Waals surface area contributed by atoms with Crippen molar-refractivity contribution in [2.75, 3.05) is 0 Å². The molecule has 0 aliphatic heterocycles. The zero-order chi connectivity index (χ0) is 11.4. The molecule has 0 heterocycles. The summed E-state index contributed by atoms with van der Waals surface area (Å²) in [6, 6.07) is 9.05. The average molecular weight is 239 g/mol. The van der Waals surface area contributed by atoms with E-state index in [2.05, 4.69) is 0 Å². The molecular formula is C13H15ClO2. The third-order valence-corrected chi connectivity index (χ3v) is 3.39. The summed E-state index contributed by atoms with van der Waals surface area (Å²) < 4.78 is 5.42. The minimum atomic E-state index is -0.266. The van der Waals surface area contributed by atoms with E-state index in [4.69, 9.17) is 16.3 Å². The highest BCUT2D eigenvalue weighted by molar-refractivity contribution is 6.21. The summed E-state index contributed by atoms with van der Waals surface area (Å²) >= 11 is 6.14. The lowest BCUT2D eigenvalue weighted by atomic mass is 9.97. The fourth-order valence-corrected chi connectivity index (χ4v) is 2.30. The van der Waals surface area contributed by atoms with Gasteiger partial charge in [-0.05, 0) is 31.4 Å². The molecule has 1 saturated carbocycles. The molecule has 86 valence electrons. The van der Waals surface area contributed by atoms with Gasteiger partial charge in [0.2, 0.25) is 0 Å². The summed E-state index contributed by atoms with van der Waals surface area (Å²) in [7, 11) is 0. The van der Waals surface area contributed by atoms with Gasteiger partial charge in [0.25, 0.3) is 0 Å². The highest BCUT2D eigenvalue weighted by Crippen LogP contribution is 2.26. The normalized spacial score (nSPS) is 25.1. The lowest BCUT2D eigenvalue weighted by Crippen LogP contribution is -2.30. The summed E-state index contributed by atoms with van der Waals surface area (Å²) in [5.74, 6) is -0.266. The molecule has 2 nitrogen and oxygen atoms in total. The molecule has 0 bridgehead atoms. The number of halogens is 1. The van der Waals surface area contributed by atoms with Crippen molar-refractivity contribution in [1.82, 2.24) is 0 Å². The Balaban J connectivity index is 1.96. The Morgan fingerprint density at radius 3 is 2.56 bits per heavy atom. The molecule has 0 spiro atoms. The van der Waals surface area contributed by atoms with Crippen molar-refractivity contribution >= 4 is 17.6 Å². The van der Waals surface area contributed by atoms with Crippen LogP contribution in [-0.2, 0) is 4.74 Å². The first kappa shape index (κ1) is 11.5. The van der Waals surface area contributed by atoms with Crippen LogP contribution in [0.2, 0.25) is 0 Å². The standard InChI is InChI=1S/C13H15ClO2/c14-11-8-4-5-9-12(11)16-13(15)10-6-2-1-3-7-10/h1-3,6-7,11-12H,4-5,8-9H2/t11-,12+/m1/s1. The predicted molar refractivity (Wildman–Crippen MR) is 63.8 cm³/mol. The first-order valence-electron chi connectivity index (χ1n) is 5.67. The summed E-state index contributed by atoms with van der Waals surface area (Å²) in [5, 5.41) is -0.0265. The molecule has 0 aromatic heterocycles. The van der Waals surface area contributed by atoms with Crippen LogP contribution < -0.4 is 0 Å². The van der Waals surface area contributed by atoms with E-state index in [1.165, 1.54) is 0 Å². The van der Waals surface area contributed by atoms with Gasteiger partial charge in [0.15, 0.2) is 0 Å². The number of hydrogen-bond donors (Lipinski definition) is 0. The Morgan fingerprint density at radius 2 is 1.88 bits per heavy atom. The van der Waals surface area contributed by atoms with E-state index in [0.29, 0.717) is 5.56 Å². The maximum absolute atomic E-state index is 11.8. The van der Waals surface area contributed by atoms with Crippen LogP contribution in [0, 0.1) is 0 Å². The number of carbonyl (C=O) groups excluding carboxylic acids is 1. The van der Waals surface area contributed by atoms with Gasteiger partial charge in [0.1, 0.15) is 6.10 Å². The fourth-order valence-electron chi connectivity index (χ4n) is 1.96. The molecular weight excluding hydrogens is 224 g/mol. The van der Waals surface area contributed by atoms with Gasteiger partial charge < -0.3 is 4.74 Å². The van der Waals surface area contributed by atoms with Crippen molar-refractivity contribution in [3.63, 3.8) is 0 Å². The second kappa shape index (κ2) is 5.35. The molecule has 0 amide bonds. The van der Waals surface area contributed by atoms with Crippen LogP contribution in [0.25, 0.3) is 0 Å². The maximum Gasteiger partial charge on any atom is 0.338 e. The molecule has 2 rings (SSSR count). The van der Waals surface area contributed by atoms with Gasteiger partial charge in [0.05, 0.1) is 10.9 Å². The molecule has 1 aromatic carbocycles. The zero-order valence-corrected chi connectivity index (χ0v) is 9.82. The van der Waals surface area contributed by atoms with Crippen LogP contribution >= 0.6 is 11.6 Å².